The molecule has 4 nitrogen and oxygen atoms in total. The van der Waals surface area contributed by atoms with E-state index in [2.05, 4.69) is 5.32 Å². The van der Waals surface area contributed by atoms with Crippen molar-refractivity contribution >= 4 is 29.1 Å². The number of aromatic hydroxyl groups is 1. The first-order valence-corrected chi connectivity index (χ1v) is 7.35. The molecule has 6 heteroatoms. The van der Waals surface area contributed by atoms with Gasteiger partial charge < -0.3 is 15.3 Å². The number of piperazine rings is 1. The van der Waals surface area contributed by atoms with Gasteiger partial charge in [0, 0.05) is 30.1 Å². The minimum absolute atomic E-state index is 0.0996. The molecule has 2 heterocycles. The van der Waals surface area contributed by atoms with Crippen molar-refractivity contribution in [1.29, 1.82) is 0 Å². The van der Waals surface area contributed by atoms with Gasteiger partial charge in [0.2, 0.25) is 5.91 Å². The highest BCUT2D eigenvalue weighted by molar-refractivity contribution is 6.42. The van der Waals surface area contributed by atoms with Gasteiger partial charge in [-0.05, 0) is 18.6 Å². The second-order valence-corrected chi connectivity index (χ2v) is 6.61. The van der Waals surface area contributed by atoms with Gasteiger partial charge in [0.05, 0.1) is 16.6 Å². The number of phenols is 1. The summed E-state index contributed by atoms with van der Waals surface area (Å²) in [5, 5.41) is 14.1. The number of fused-ring (bicyclic) bond motifs is 1. The summed E-state index contributed by atoms with van der Waals surface area (Å²) in [6.07, 6.45) is 0.763. The average molecular weight is 315 g/mol. The Morgan fingerprint density at radius 3 is 2.90 bits per heavy atom. The molecule has 2 fully saturated rings. The Morgan fingerprint density at radius 2 is 2.20 bits per heavy atom. The molecule has 2 aliphatic heterocycles. The molecule has 108 valence electrons. The van der Waals surface area contributed by atoms with Gasteiger partial charge in [-0.25, -0.2) is 0 Å². The maximum absolute atomic E-state index is 12.0. The molecule has 0 bridgehead atoms. The smallest absolute Gasteiger partial charge is 0.236 e. The van der Waals surface area contributed by atoms with Crippen molar-refractivity contribution in [2.45, 2.75) is 24.8 Å². The first-order chi connectivity index (χ1) is 9.42. The third-order valence-electron chi connectivity index (χ3n) is 4.30. The van der Waals surface area contributed by atoms with E-state index in [4.69, 9.17) is 23.2 Å². The molecule has 20 heavy (non-hydrogen) atoms. The summed E-state index contributed by atoms with van der Waals surface area (Å²) in [6, 6.07) is 3.29. The monoisotopic (exact) mass is 314 g/mol. The number of hydrogen-bond donors (Lipinski definition) is 2. The van der Waals surface area contributed by atoms with E-state index in [0.29, 0.717) is 28.7 Å². The first kappa shape index (κ1) is 14.0. The molecule has 1 amide bonds. The van der Waals surface area contributed by atoms with Gasteiger partial charge in [-0.2, -0.15) is 0 Å². The van der Waals surface area contributed by atoms with Crippen molar-refractivity contribution in [3.8, 4) is 5.75 Å². The van der Waals surface area contributed by atoms with Gasteiger partial charge in [-0.1, -0.05) is 30.1 Å². The van der Waals surface area contributed by atoms with Crippen LogP contribution in [0, 0.1) is 0 Å². The SMILES string of the molecule is CC1(c2c(O)ccc(Cl)c2Cl)C[C@H]2CNCC(=O)N2C1. The number of amides is 1. The van der Waals surface area contributed by atoms with E-state index in [1.54, 1.807) is 12.1 Å². The second kappa shape index (κ2) is 4.79. The Bertz CT molecular complexity index is 579. The summed E-state index contributed by atoms with van der Waals surface area (Å²) in [4.78, 5) is 13.9. The lowest BCUT2D eigenvalue weighted by atomic mass is 9.80. The Labute approximate surface area is 127 Å². The van der Waals surface area contributed by atoms with E-state index < -0.39 is 0 Å². The molecular weight excluding hydrogens is 299 g/mol. The first-order valence-electron chi connectivity index (χ1n) is 6.60. The molecule has 0 aliphatic carbocycles. The third kappa shape index (κ3) is 2.07. The van der Waals surface area contributed by atoms with E-state index in [1.165, 1.54) is 0 Å². The van der Waals surface area contributed by atoms with Crippen LogP contribution < -0.4 is 5.32 Å². The highest BCUT2D eigenvalue weighted by Crippen LogP contribution is 2.47. The fourth-order valence-corrected chi connectivity index (χ4v) is 3.96. The summed E-state index contributed by atoms with van der Waals surface area (Å²) in [6.45, 7) is 3.74. The summed E-state index contributed by atoms with van der Waals surface area (Å²) in [5.41, 5.74) is 0.271. The fraction of sp³-hybridized carbons (Fsp3) is 0.500. The van der Waals surface area contributed by atoms with Crippen molar-refractivity contribution in [2.75, 3.05) is 19.6 Å². The number of carbonyl (C=O) groups excluding carboxylic acids is 1. The van der Waals surface area contributed by atoms with Crippen molar-refractivity contribution in [3.05, 3.63) is 27.7 Å². The van der Waals surface area contributed by atoms with Crippen LogP contribution in [-0.2, 0) is 10.2 Å². The van der Waals surface area contributed by atoms with E-state index >= 15 is 0 Å². The van der Waals surface area contributed by atoms with Crippen LogP contribution in [0.2, 0.25) is 10.0 Å². The van der Waals surface area contributed by atoms with Crippen LogP contribution in [0.5, 0.6) is 5.75 Å². The van der Waals surface area contributed by atoms with Crippen LogP contribution in [-0.4, -0.2) is 41.6 Å². The van der Waals surface area contributed by atoms with E-state index in [-0.39, 0.29) is 23.1 Å². The second-order valence-electron chi connectivity index (χ2n) is 5.83. The summed E-state index contributed by atoms with van der Waals surface area (Å²) in [7, 11) is 0. The zero-order chi connectivity index (χ0) is 14.5. The Morgan fingerprint density at radius 1 is 1.45 bits per heavy atom. The molecule has 2 atom stereocenters. The lowest BCUT2D eigenvalue weighted by Crippen LogP contribution is -2.51. The molecule has 0 saturated carbocycles. The zero-order valence-corrected chi connectivity index (χ0v) is 12.6. The van der Waals surface area contributed by atoms with Gasteiger partial charge in [0.1, 0.15) is 5.75 Å². The van der Waals surface area contributed by atoms with Crippen LogP contribution in [0.3, 0.4) is 0 Å². The van der Waals surface area contributed by atoms with Crippen LogP contribution >= 0.6 is 23.2 Å². The van der Waals surface area contributed by atoms with E-state index in [9.17, 15) is 9.90 Å². The summed E-state index contributed by atoms with van der Waals surface area (Å²) >= 11 is 12.4. The van der Waals surface area contributed by atoms with E-state index in [1.807, 2.05) is 11.8 Å². The molecule has 1 aromatic carbocycles. The van der Waals surface area contributed by atoms with Gasteiger partial charge in [-0.3, -0.25) is 4.79 Å². The van der Waals surface area contributed by atoms with Gasteiger partial charge in [-0.15, -0.1) is 0 Å². The predicted octanol–water partition coefficient (Wildman–Crippen LogP) is 2.16. The topological polar surface area (TPSA) is 52.6 Å². The molecule has 0 aromatic heterocycles. The minimum atomic E-state index is -0.377. The molecule has 3 rings (SSSR count). The number of benzene rings is 1. The number of halogens is 2. The number of rotatable bonds is 1. The fourth-order valence-electron chi connectivity index (χ4n) is 3.42. The van der Waals surface area contributed by atoms with Gasteiger partial charge >= 0.3 is 0 Å². The molecule has 2 N–H and O–H groups in total. The van der Waals surface area contributed by atoms with E-state index in [0.717, 1.165) is 13.0 Å². The molecule has 2 aliphatic rings. The standard InChI is InChI=1S/C14H16Cl2N2O2/c1-14(12-10(19)3-2-9(15)13(12)16)4-8-5-17-6-11(20)18(8)7-14/h2-3,8,17,19H,4-7H2,1H3/t8-,14?/m0/s1. The number of carbonyl (C=O) groups is 1. The summed E-state index contributed by atoms with van der Waals surface area (Å²) in [5.74, 6) is 0.241. The average Bonchev–Trinajstić information content (AvgIpc) is 2.73. The van der Waals surface area contributed by atoms with Gasteiger partial charge in [0.15, 0.2) is 0 Å². The van der Waals surface area contributed by atoms with Crippen LogP contribution in [0.4, 0.5) is 0 Å². The van der Waals surface area contributed by atoms with Crippen molar-refractivity contribution < 1.29 is 9.90 Å². The predicted molar refractivity (Wildman–Crippen MR) is 78.5 cm³/mol. The quantitative estimate of drug-likeness (QED) is 0.835. The molecule has 0 radical (unpaired) electrons. The number of nitrogens with one attached hydrogen (secondary N) is 1. The lowest BCUT2D eigenvalue weighted by molar-refractivity contribution is -0.133. The Kier molecular flexibility index (Phi) is 3.35. The molecule has 1 aromatic rings. The minimum Gasteiger partial charge on any atom is -0.508 e. The highest BCUT2D eigenvalue weighted by Gasteiger charge is 2.47. The molecule has 0 spiro atoms. The largest absolute Gasteiger partial charge is 0.508 e. The van der Waals surface area contributed by atoms with Crippen LogP contribution in [0.25, 0.3) is 0 Å². The van der Waals surface area contributed by atoms with Gasteiger partial charge in [0.25, 0.3) is 0 Å². The number of hydrogen-bond acceptors (Lipinski definition) is 3. The third-order valence-corrected chi connectivity index (χ3v) is 5.10. The summed E-state index contributed by atoms with van der Waals surface area (Å²) < 4.78 is 0. The van der Waals surface area contributed by atoms with Crippen LogP contribution in [0.15, 0.2) is 12.1 Å². The lowest BCUT2D eigenvalue weighted by Gasteiger charge is -2.30. The molecule has 2 saturated heterocycles. The zero-order valence-electron chi connectivity index (χ0n) is 11.1. The van der Waals surface area contributed by atoms with Crippen molar-refractivity contribution in [1.82, 2.24) is 10.2 Å². The van der Waals surface area contributed by atoms with Crippen LogP contribution in [0.1, 0.15) is 18.9 Å². The maximum Gasteiger partial charge on any atom is 0.236 e. The Balaban J connectivity index is 2.02. The van der Waals surface area contributed by atoms with Crippen molar-refractivity contribution in [3.63, 3.8) is 0 Å². The number of phenolic OH excluding ortho intramolecular Hbond substituents is 1. The number of nitrogens with zero attached hydrogens (tertiary/aromatic N) is 1. The van der Waals surface area contributed by atoms with Crippen molar-refractivity contribution in [2.24, 2.45) is 0 Å². The molecular formula is C14H16Cl2N2O2. The highest BCUT2D eigenvalue weighted by atomic mass is 35.5. The molecule has 1 unspecified atom stereocenters. The maximum atomic E-state index is 12.0. The Hall–Kier alpha value is -0.970. The normalized spacial score (nSPS) is 29.6.